The van der Waals surface area contributed by atoms with Gasteiger partial charge in [0.05, 0.1) is 14.2 Å². The standard InChI is InChI=1S/C15H21N3O2/c1-19-14-6-5-13(15(11-14)20-2)12-16-7-3-9-18-10-4-8-17-18/h4-6,8,10-11,16H,3,7,9,12H2,1-2H3. The van der Waals surface area contributed by atoms with E-state index in [0.29, 0.717) is 0 Å². The lowest BCUT2D eigenvalue weighted by Crippen LogP contribution is -2.17. The molecule has 1 heterocycles. The lowest BCUT2D eigenvalue weighted by atomic mass is 10.2. The van der Waals surface area contributed by atoms with Gasteiger partial charge in [0.2, 0.25) is 0 Å². The summed E-state index contributed by atoms with van der Waals surface area (Å²) in [5, 5.41) is 7.59. The van der Waals surface area contributed by atoms with E-state index in [-0.39, 0.29) is 0 Å². The van der Waals surface area contributed by atoms with E-state index < -0.39 is 0 Å². The molecule has 0 atom stereocenters. The average Bonchev–Trinajstić information content (AvgIpc) is 3.00. The van der Waals surface area contributed by atoms with Gasteiger partial charge < -0.3 is 14.8 Å². The molecule has 0 spiro atoms. The van der Waals surface area contributed by atoms with Crippen molar-refractivity contribution in [1.82, 2.24) is 15.1 Å². The van der Waals surface area contributed by atoms with Crippen molar-refractivity contribution in [2.24, 2.45) is 0 Å². The van der Waals surface area contributed by atoms with E-state index in [1.807, 2.05) is 35.1 Å². The molecule has 0 amide bonds. The predicted molar refractivity (Wildman–Crippen MR) is 78.1 cm³/mol. The Hall–Kier alpha value is -2.01. The van der Waals surface area contributed by atoms with Gasteiger partial charge in [-0.15, -0.1) is 0 Å². The Kier molecular flexibility index (Phi) is 5.43. The number of methoxy groups -OCH3 is 2. The first-order valence-electron chi connectivity index (χ1n) is 6.72. The molecule has 5 heteroatoms. The Balaban J connectivity index is 1.76. The molecule has 2 rings (SSSR count). The summed E-state index contributed by atoms with van der Waals surface area (Å²) in [6.45, 7) is 2.65. The molecule has 20 heavy (non-hydrogen) atoms. The van der Waals surface area contributed by atoms with Crippen molar-refractivity contribution >= 4 is 0 Å². The van der Waals surface area contributed by atoms with Gasteiger partial charge in [-0.1, -0.05) is 6.07 Å². The summed E-state index contributed by atoms with van der Waals surface area (Å²) in [6, 6.07) is 7.82. The monoisotopic (exact) mass is 275 g/mol. The van der Waals surface area contributed by atoms with Crippen molar-refractivity contribution in [2.45, 2.75) is 19.5 Å². The molecule has 2 aromatic rings. The zero-order valence-electron chi connectivity index (χ0n) is 12.0. The van der Waals surface area contributed by atoms with E-state index in [4.69, 9.17) is 9.47 Å². The maximum Gasteiger partial charge on any atom is 0.127 e. The van der Waals surface area contributed by atoms with E-state index in [2.05, 4.69) is 10.4 Å². The fourth-order valence-corrected chi connectivity index (χ4v) is 2.02. The van der Waals surface area contributed by atoms with Crippen molar-refractivity contribution in [1.29, 1.82) is 0 Å². The van der Waals surface area contributed by atoms with Gasteiger partial charge in [0, 0.05) is 37.1 Å². The third-order valence-electron chi connectivity index (χ3n) is 3.11. The van der Waals surface area contributed by atoms with Crippen molar-refractivity contribution in [3.05, 3.63) is 42.2 Å². The van der Waals surface area contributed by atoms with E-state index in [9.17, 15) is 0 Å². The fraction of sp³-hybridized carbons (Fsp3) is 0.400. The van der Waals surface area contributed by atoms with Crippen LogP contribution in [0.3, 0.4) is 0 Å². The second-order valence-electron chi connectivity index (χ2n) is 4.48. The second-order valence-corrected chi connectivity index (χ2v) is 4.48. The average molecular weight is 275 g/mol. The number of aromatic nitrogens is 2. The number of benzene rings is 1. The third-order valence-corrected chi connectivity index (χ3v) is 3.11. The molecule has 0 radical (unpaired) electrons. The summed E-state index contributed by atoms with van der Waals surface area (Å²) in [6.07, 6.45) is 4.82. The molecule has 0 unspecified atom stereocenters. The highest BCUT2D eigenvalue weighted by molar-refractivity contribution is 5.40. The lowest BCUT2D eigenvalue weighted by molar-refractivity contribution is 0.389. The Morgan fingerprint density at radius 3 is 2.85 bits per heavy atom. The first kappa shape index (κ1) is 14.4. The maximum atomic E-state index is 5.37. The first-order chi connectivity index (χ1) is 9.83. The number of nitrogens with one attached hydrogen (secondary N) is 1. The minimum atomic E-state index is 0.784. The number of ether oxygens (including phenoxy) is 2. The van der Waals surface area contributed by atoms with Crippen molar-refractivity contribution in [3.8, 4) is 11.5 Å². The van der Waals surface area contributed by atoms with Gasteiger partial charge in [-0.2, -0.15) is 5.10 Å². The van der Waals surface area contributed by atoms with Crippen LogP contribution in [0.5, 0.6) is 11.5 Å². The predicted octanol–water partition coefficient (Wildman–Crippen LogP) is 2.08. The first-order valence-corrected chi connectivity index (χ1v) is 6.72. The van der Waals surface area contributed by atoms with Gasteiger partial charge in [0.25, 0.3) is 0 Å². The molecule has 0 aliphatic carbocycles. The van der Waals surface area contributed by atoms with Crippen molar-refractivity contribution in [2.75, 3.05) is 20.8 Å². The lowest BCUT2D eigenvalue weighted by Gasteiger charge is -2.11. The molecular formula is C15H21N3O2. The van der Waals surface area contributed by atoms with Crippen LogP contribution in [0.25, 0.3) is 0 Å². The van der Waals surface area contributed by atoms with Crippen LogP contribution in [0.1, 0.15) is 12.0 Å². The molecule has 0 bridgehead atoms. The summed E-state index contributed by atoms with van der Waals surface area (Å²) in [7, 11) is 3.33. The largest absolute Gasteiger partial charge is 0.497 e. The fourth-order valence-electron chi connectivity index (χ4n) is 2.02. The van der Waals surface area contributed by atoms with E-state index in [1.54, 1.807) is 20.4 Å². The molecule has 0 fully saturated rings. The quantitative estimate of drug-likeness (QED) is 0.749. The molecule has 5 nitrogen and oxygen atoms in total. The van der Waals surface area contributed by atoms with Crippen LogP contribution in [0.2, 0.25) is 0 Å². The molecule has 108 valence electrons. The highest BCUT2D eigenvalue weighted by Gasteiger charge is 2.04. The van der Waals surface area contributed by atoms with Crippen LogP contribution < -0.4 is 14.8 Å². The van der Waals surface area contributed by atoms with Crippen LogP contribution in [-0.2, 0) is 13.1 Å². The SMILES string of the molecule is COc1ccc(CNCCCn2cccn2)c(OC)c1. The zero-order chi connectivity index (χ0) is 14.2. The van der Waals surface area contributed by atoms with Crippen LogP contribution in [0, 0.1) is 0 Å². The summed E-state index contributed by atoms with van der Waals surface area (Å²) in [5.74, 6) is 1.66. The van der Waals surface area contributed by atoms with E-state index >= 15 is 0 Å². The topological polar surface area (TPSA) is 48.3 Å². The van der Waals surface area contributed by atoms with Crippen LogP contribution in [0.15, 0.2) is 36.7 Å². The van der Waals surface area contributed by atoms with Crippen LogP contribution in [-0.4, -0.2) is 30.5 Å². The van der Waals surface area contributed by atoms with Gasteiger partial charge in [0.15, 0.2) is 0 Å². The second kappa shape index (κ2) is 7.55. The highest BCUT2D eigenvalue weighted by atomic mass is 16.5. The number of aryl methyl sites for hydroxylation is 1. The number of hydrogen-bond donors (Lipinski definition) is 1. The number of hydrogen-bond acceptors (Lipinski definition) is 4. The third kappa shape index (κ3) is 3.99. The van der Waals surface area contributed by atoms with Gasteiger partial charge >= 0.3 is 0 Å². The molecule has 1 aromatic carbocycles. The van der Waals surface area contributed by atoms with Gasteiger partial charge in [-0.3, -0.25) is 4.68 Å². The molecule has 0 saturated carbocycles. The summed E-state index contributed by atoms with van der Waals surface area (Å²) >= 11 is 0. The Labute approximate surface area is 119 Å². The van der Waals surface area contributed by atoms with Crippen LogP contribution in [0.4, 0.5) is 0 Å². The zero-order valence-corrected chi connectivity index (χ0v) is 12.0. The summed E-state index contributed by atoms with van der Waals surface area (Å²) < 4.78 is 12.5. The Bertz CT molecular complexity index is 512. The van der Waals surface area contributed by atoms with Crippen LogP contribution >= 0.6 is 0 Å². The molecule has 0 saturated heterocycles. The minimum Gasteiger partial charge on any atom is -0.497 e. The van der Waals surface area contributed by atoms with Gasteiger partial charge in [-0.25, -0.2) is 0 Å². The van der Waals surface area contributed by atoms with E-state index in [0.717, 1.165) is 43.1 Å². The van der Waals surface area contributed by atoms with Crippen molar-refractivity contribution in [3.63, 3.8) is 0 Å². The normalized spacial score (nSPS) is 10.5. The number of rotatable bonds is 8. The molecule has 1 aromatic heterocycles. The molecule has 1 N–H and O–H groups in total. The Morgan fingerprint density at radius 1 is 1.25 bits per heavy atom. The summed E-state index contributed by atoms with van der Waals surface area (Å²) in [4.78, 5) is 0. The smallest absolute Gasteiger partial charge is 0.127 e. The molecule has 0 aliphatic rings. The summed E-state index contributed by atoms with van der Waals surface area (Å²) in [5.41, 5.74) is 1.13. The van der Waals surface area contributed by atoms with Gasteiger partial charge in [-0.05, 0) is 25.1 Å². The maximum absolute atomic E-state index is 5.37. The van der Waals surface area contributed by atoms with Crippen molar-refractivity contribution < 1.29 is 9.47 Å². The minimum absolute atomic E-state index is 0.784. The Morgan fingerprint density at radius 2 is 2.15 bits per heavy atom. The van der Waals surface area contributed by atoms with E-state index in [1.165, 1.54) is 0 Å². The number of nitrogens with zero attached hydrogens (tertiary/aromatic N) is 2. The molecule has 0 aliphatic heterocycles. The van der Waals surface area contributed by atoms with Gasteiger partial charge in [0.1, 0.15) is 11.5 Å². The highest BCUT2D eigenvalue weighted by Crippen LogP contribution is 2.24. The molecular weight excluding hydrogens is 254 g/mol.